The summed E-state index contributed by atoms with van der Waals surface area (Å²) in [7, 11) is 0. The normalized spacial score (nSPS) is 10.2. The summed E-state index contributed by atoms with van der Waals surface area (Å²) in [6.45, 7) is 5.58. The van der Waals surface area contributed by atoms with E-state index in [1.807, 2.05) is 6.92 Å². The van der Waals surface area contributed by atoms with Crippen LogP contribution in [0.3, 0.4) is 0 Å². The number of aromatic nitrogens is 2. The van der Waals surface area contributed by atoms with Gasteiger partial charge in [0.15, 0.2) is 0 Å². The Balaban J connectivity index is 2.36. The van der Waals surface area contributed by atoms with Crippen molar-refractivity contribution >= 4 is 29.2 Å². The third-order valence-electron chi connectivity index (χ3n) is 2.47. The Hall–Kier alpha value is -1.94. The van der Waals surface area contributed by atoms with E-state index in [-0.39, 0.29) is 5.02 Å². The monoisotopic (exact) mass is 263 g/mol. The maximum Gasteiger partial charge on any atom is 0.141 e. The van der Waals surface area contributed by atoms with Crippen LogP contribution >= 0.6 is 11.6 Å². The van der Waals surface area contributed by atoms with Crippen LogP contribution < -0.4 is 5.32 Å². The topological polar surface area (TPSA) is 37.8 Å². The summed E-state index contributed by atoms with van der Waals surface area (Å²) in [5.74, 6) is 0.158. The van der Waals surface area contributed by atoms with Gasteiger partial charge in [-0.3, -0.25) is 0 Å². The largest absolute Gasteiger partial charge is 0.340 e. The second-order valence-electron chi connectivity index (χ2n) is 3.68. The van der Waals surface area contributed by atoms with Crippen LogP contribution in [0.4, 0.5) is 15.9 Å². The molecule has 0 spiro atoms. The summed E-state index contributed by atoms with van der Waals surface area (Å²) < 4.78 is 13.0. The predicted octanol–water partition coefficient (Wildman–Crippen LogP) is 3.96. The van der Waals surface area contributed by atoms with Gasteiger partial charge in [0.25, 0.3) is 0 Å². The van der Waals surface area contributed by atoms with Crippen LogP contribution in [0, 0.1) is 12.7 Å². The van der Waals surface area contributed by atoms with Gasteiger partial charge >= 0.3 is 0 Å². The van der Waals surface area contributed by atoms with Crippen molar-refractivity contribution in [2.75, 3.05) is 5.32 Å². The van der Waals surface area contributed by atoms with Gasteiger partial charge in [-0.05, 0) is 25.1 Å². The van der Waals surface area contributed by atoms with Crippen molar-refractivity contribution in [1.29, 1.82) is 0 Å². The third kappa shape index (κ3) is 2.49. The minimum Gasteiger partial charge on any atom is -0.340 e. The molecule has 0 aliphatic rings. The summed E-state index contributed by atoms with van der Waals surface area (Å²) in [6, 6.07) is 4.39. The Labute approximate surface area is 109 Å². The smallest absolute Gasteiger partial charge is 0.141 e. The minimum absolute atomic E-state index is 0.0610. The number of rotatable bonds is 3. The lowest BCUT2D eigenvalue weighted by atomic mass is 10.2. The maximum atomic E-state index is 13.0. The van der Waals surface area contributed by atoms with Gasteiger partial charge in [-0.1, -0.05) is 24.3 Å². The Morgan fingerprint density at radius 1 is 1.39 bits per heavy atom. The second-order valence-corrected chi connectivity index (χ2v) is 4.09. The fourth-order valence-corrected chi connectivity index (χ4v) is 1.72. The third-order valence-corrected chi connectivity index (χ3v) is 2.76. The van der Waals surface area contributed by atoms with Crippen LogP contribution in [0.25, 0.3) is 6.08 Å². The van der Waals surface area contributed by atoms with Crippen LogP contribution in [0.2, 0.25) is 5.02 Å². The molecule has 3 nitrogen and oxygen atoms in total. The SMILES string of the molecule is C=Cc1c(C)ncnc1Nc1ccc(F)c(Cl)c1. The fraction of sp³-hybridized carbons (Fsp3) is 0.0769. The number of hydrogen-bond acceptors (Lipinski definition) is 3. The van der Waals surface area contributed by atoms with Crippen molar-refractivity contribution < 1.29 is 4.39 Å². The number of hydrogen-bond donors (Lipinski definition) is 1. The summed E-state index contributed by atoms with van der Waals surface area (Å²) in [5, 5.41) is 3.12. The first-order valence-corrected chi connectivity index (χ1v) is 5.65. The number of benzene rings is 1. The molecule has 2 aromatic rings. The Bertz CT molecular complexity index is 599. The van der Waals surface area contributed by atoms with E-state index >= 15 is 0 Å². The molecule has 0 aliphatic heterocycles. The lowest BCUT2D eigenvalue weighted by Gasteiger charge is -2.10. The zero-order valence-electron chi connectivity index (χ0n) is 9.74. The van der Waals surface area contributed by atoms with E-state index in [4.69, 9.17) is 11.6 Å². The highest BCUT2D eigenvalue weighted by Gasteiger charge is 2.06. The molecule has 0 unspecified atom stereocenters. The summed E-state index contributed by atoms with van der Waals surface area (Å²) in [5.41, 5.74) is 2.27. The summed E-state index contributed by atoms with van der Waals surface area (Å²) >= 11 is 5.72. The van der Waals surface area contributed by atoms with E-state index in [0.29, 0.717) is 11.5 Å². The van der Waals surface area contributed by atoms with Gasteiger partial charge in [0.05, 0.1) is 10.7 Å². The van der Waals surface area contributed by atoms with Crippen molar-refractivity contribution in [2.45, 2.75) is 6.92 Å². The van der Waals surface area contributed by atoms with Gasteiger partial charge in [0.1, 0.15) is 18.0 Å². The van der Waals surface area contributed by atoms with E-state index in [9.17, 15) is 4.39 Å². The molecular weight excluding hydrogens is 253 g/mol. The van der Waals surface area contributed by atoms with Crippen molar-refractivity contribution in [3.63, 3.8) is 0 Å². The highest BCUT2D eigenvalue weighted by Crippen LogP contribution is 2.24. The molecule has 0 radical (unpaired) electrons. The van der Waals surface area contributed by atoms with Gasteiger partial charge < -0.3 is 5.32 Å². The van der Waals surface area contributed by atoms with Crippen LogP contribution in [-0.4, -0.2) is 9.97 Å². The zero-order valence-corrected chi connectivity index (χ0v) is 10.5. The lowest BCUT2D eigenvalue weighted by molar-refractivity contribution is 0.628. The van der Waals surface area contributed by atoms with E-state index in [2.05, 4.69) is 21.9 Å². The number of nitrogens with one attached hydrogen (secondary N) is 1. The first kappa shape index (κ1) is 12.5. The molecule has 0 aliphatic carbocycles. The molecule has 0 saturated heterocycles. The molecule has 18 heavy (non-hydrogen) atoms. The van der Waals surface area contributed by atoms with Gasteiger partial charge in [0, 0.05) is 11.3 Å². The molecule has 5 heteroatoms. The van der Waals surface area contributed by atoms with Crippen LogP contribution in [0.1, 0.15) is 11.3 Å². The number of halogens is 2. The molecule has 2 rings (SSSR count). The maximum absolute atomic E-state index is 13.0. The first-order valence-electron chi connectivity index (χ1n) is 5.28. The van der Waals surface area contributed by atoms with Crippen molar-refractivity contribution in [1.82, 2.24) is 9.97 Å². The number of anilines is 2. The molecule has 0 bridgehead atoms. The van der Waals surface area contributed by atoms with Gasteiger partial charge in [-0.15, -0.1) is 0 Å². The van der Waals surface area contributed by atoms with Crippen molar-refractivity contribution in [3.05, 3.63) is 53.2 Å². The lowest BCUT2D eigenvalue weighted by Crippen LogP contribution is -2.00. The Kier molecular flexibility index (Phi) is 3.58. The molecule has 1 aromatic carbocycles. The molecular formula is C13H11ClFN3. The highest BCUT2D eigenvalue weighted by molar-refractivity contribution is 6.31. The van der Waals surface area contributed by atoms with E-state index in [1.165, 1.54) is 18.5 Å². The molecule has 0 atom stereocenters. The molecule has 1 N–H and O–H groups in total. The first-order chi connectivity index (χ1) is 8.61. The summed E-state index contributed by atoms with van der Waals surface area (Å²) in [6.07, 6.45) is 3.12. The van der Waals surface area contributed by atoms with E-state index < -0.39 is 5.82 Å². The average Bonchev–Trinajstić information content (AvgIpc) is 2.34. The van der Waals surface area contributed by atoms with E-state index in [0.717, 1.165) is 11.3 Å². The molecule has 92 valence electrons. The fourth-order valence-electron chi connectivity index (χ4n) is 1.54. The molecule has 0 amide bonds. The van der Waals surface area contributed by atoms with Crippen molar-refractivity contribution in [2.24, 2.45) is 0 Å². The molecule has 0 saturated carbocycles. The van der Waals surface area contributed by atoms with E-state index in [1.54, 1.807) is 12.1 Å². The average molecular weight is 264 g/mol. The molecule has 1 aromatic heterocycles. The standard InChI is InChI=1S/C13H11ClFN3/c1-3-10-8(2)16-7-17-13(10)18-9-4-5-12(15)11(14)6-9/h3-7H,1H2,2H3,(H,16,17,18). The van der Waals surface area contributed by atoms with Gasteiger partial charge in [0.2, 0.25) is 0 Å². The molecule has 0 fully saturated rings. The predicted molar refractivity (Wildman–Crippen MR) is 71.6 cm³/mol. The highest BCUT2D eigenvalue weighted by atomic mass is 35.5. The van der Waals surface area contributed by atoms with Crippen LogP contribution in [0.15, 0.2) is 31.1 Å². The van der Waals surface area contributed by atoms with Crippen LogP contribution in [0.5, 0.6) is 0 Å². The zero-order chi connectivity index (χ0) is 13.1. The Morgan fingerprint density at radius 2 is 2.17 bits per heavy atom. The number of aryl methyl sites for hydroxylation is 1. The second kappa shape index (κ2) is 5.14. The van der Waals surface area contributed by atoms with Crippen LogP contribution in [-0.2, 0) is 0 Å². The van der Waals surface area contributed by atoms with Gasteiger partial charge in [-0.2, -0.15) is 0 Å². The van der Waals surface area contributed by atoms with Gasteiger partial charge in [-0.25, -0.2) is 14.4 Å². The minimum atomic E-state index is -0.454. The van der Waals surface area contributed by atoms with Crippen molar-refractivity contribution in [3.8, 4) is 0 Å². The number of nitrogens with zero attached hydrogens (tertiary/aromatic N) is 2. The summed E-state index contributed by atoms with van der Waals surface area (Å²) in [4.78, 5) is 8.20. The molecule has 1 heterocycles. The Morgan fingerprint density at radius 3 is 2.83 bits per heavy atom. The quantitative estimate of drug-likeness (QED) is 0.911.